The first kappa shape index (κ1) is 32.6. The summed E-state index contributed by atoms with van der Waals surface area (Å²) < 4.78 is 12.0. The zero-order valence-corrected chi connectivity index (χ0v) is 28.7. The molecule has 5 fully saturated rings. The molecule has 0 aliphatic heterocycles. The van der Waals surface area contributed by atoms with E-state index in [2.05, 4.69) is 34.6 Å². The number of rotatable bonds is 6. The highest BCUT2D eigenvalue weighted by Crippen LogP contribution is 2.77. The molecule has 45 heavy (non-hydrogen) atoms. The molecule has 5 aliphatic carbocycles. The third-order valence-corrected chi connectivity index (χ3v) is 15.4. The van der Waals surface area contributed by atoms with Gasteiger partial charge in [0.1, 0.15) is 12.7 Å². The van der Waals surface area contributed by atoms with E-state index in [1.54, 1.807) is 0 Å². The van der Waals surface area contributed by atoms with Crippen LogP contribution in [0.15, 0.2) is 30.3 Å². The van der Waals surface area contributed by atoms with Gasteiger partial charge in [0.15, 0.2) is 0 Å². The standard InChI is InChI=1S/C39H56O6/c1-24(33(41)42)27-15-20-39(34(43)44-23-26-11-9-8-10-12-26)22-21-37(6)28(32(27)39)13-14-30-36(5)18-17-31(45-25(2)40)35(3,4)29(36)16-19-38(30,37)7/h8-12,24,27-32H,13-23H2,1-7H3,(H,41,42)/t24-,27+,28?,29?,30?,31-,32?,36+,37-,38-,39+/m1/s1. The molecule has 0 amide bonds. The monoisotopic (exact) mass is 620 g/mol. The van der Waals surface area contributed by atoms with Gasteiger partial charge in [0.2, 0.25) is 0 Å². The van der Waals surface area contributed by atoms with Gasteiger partial charge in [0.05, 0.1) is 11.3 Å². The summed E-state index contributed by atoms with van der Waals surface area (Å²) in [4.78, 5) is 38.8. The van der Waals surface area contributed by atoms with E-state index in [1.807, 2.05) is 37.3 Å². The number of esters is 2. The van der Waals surface area contributed by atoms with E-state index in [0.717, 1.165) is 69.8 Å². The van der Waals surface area contributed by atoms with E-state index >= 15 is 0 Å². The quantitative estimate of drug-likeness (QED) is 0.321. The molecule has 0 heterocycles. The van der Waals surface area contributed by atoms with E-state index in [0.29, 0.717) is 11.8 Å². The molecule has 248 valence electrons. The minimum absolute atomic E-state index is 0.00939. The van der Waals surface area contributed by atoms with E-state index in [9.17, 15) is 19.5 Å². The highest BCUT2D eigenvalue weighted by molar-refractivity contribution is 5.79. The van der Waals surface area contributed by atoms with Crippen molar-refractivity contribution in [2.45, 2.75) is 125 Å². The molecule has 0 radical (unpaired) electrons. The molecule has 1 N–H and O–H groups in total. The Kier molecular flexibility index (Phi) is 8.04. The highest BCUT2D eigenvalue weighted by Gasteiger charge is 2.72. The maximum Gasteiger partial charge on any atom is 0.312 e. The fourth-order valence-corrected chi connectivity index (χ4v) is 13.0. The van der Waals surface area contributed by atoms with Gasteiger partial charge in [-0.2, -0.15) is 0 Å². The van der Waals surface area contributed by atoms with Gasteiger partial charge in [0, 0.05) is 12.3 Å². The number of benzene rings is 1. The van der Waals surface area contributed by atoms with Crippen LogP contribution in [0.3, 0.4) is 0 Å². The fraction of sp³-hybridized carbons (Fsp3) is 0.769. The molecule has 0 aromatic heterocycles. The second-order valence-corrected chi connectivity index (χ2v) is 17.2. The summed E-state index contributed by atoms with van der Waals surface area (Å²) in [6.07, 6.45) is 9.58. The lowest BCUT2D eigenvalue weighted by Gasteiger charge is -2.72. The summed E-state index contributed by atoms with van der Waals surface area (Å²) in [6.45, 7) is 15.9. The first-order chi connectivity index (χ1) is 21.1. The summed E-state index contributed by atoms with van der Waals surface area (Å²) in [5.41, 5.74) is 0.531. The van der Waals surface area contributed by atoms with Gasteiger partial charge >= 0.3 is 17.9 Å². The Labute approximate surface area is 270 Å². The summed E-state index contributed by atoms with van der Waals surface area (Å²) >= 11 is 0. The Morgan fingerprint density at radius 1 is 0.844 bits per heavy atom. The van der Waals surface area contributed by atoms with Crippen molar-refractivity contribution in [2.75, 3.05) is 0 Å². The van der Waals surface area contributed by atoms with Gasteiger partial charge in [0.25, 0.3) is 0 Å². The van der Waals surface area contributed by atoms with Gasteiger partial charge in [-0.25, -0.2) is 0 Å². The normalized spacial score (nSPS) is 43.9. The van der Waals surface area contributed by atoms with Gasteiger partial charge < -0.3 is 14.6 Å². The molecule has 6 nitrogen and oxygen atoms in total. The van der Waals surface area contributed by atoms with Crippen molar-refractivity contribution in [1.29, 1.82) is 0 Å². The molecule has 6 rings (SSSR count). The van der Waals surface area contributed by atoms with Crippen molar-refractivity contribution in [3.05, 3.63) is 35.9 Å². The molecule has 5 aliphatic rings. The summed E-state index contributed by atoms with van der Waals surface area (Å²) in [5.74, 6) is -0.229. The summed E-state index contributed by atoms with van der Waals surface area (Å²) in [7, 11) is 0. The predicted molar refractivity (Wildman–Crippen MR) is 173 cm³/mol. The largest absolute Gasteiger partial charge is 0.481 e. The average molecular weight is 621 g/mol. The van der Waals surface area contributed by atoms with Crippen LogP contribution in [0.2, 0.25) is 0 Å². The Balaban J connectivity index is 1.33. The van der Waals surface area contributed by atoms with Gasteiger partial charge in [-0.3, -0.25) is 14.4 Å². The number of carbonyl (C=O) groups excluding carboxylic acids is 2. The molecule has 4 unspecified atom stereocenters. The predicted octanol–water partition coefficient (Wildman–Crippen LogP) is 8.46. The molecular weight excluding hydrogens is 564 g/mol. The number of hydrogen-bond donors (Lipinski definition) is 1. The Morgan fingerprint density at radius 2 is 1.56 bits per heavy atom. The van der Waals surface area contributed by atoms with E-state index in [1.165, 1.54) is 6.92 Å². The third-order valence-electron chi connectivity index (χ3n) is 15.4. The van der Waals surface area contributed by atoms with Crippen LogP contribution in [0.25, 0.3) is 0 Å². The molecule has 0 saturated heterocycles. The van der Waals surface area contributed by atoms with Gasteiger partial charge in [-0.1, -0.05) is 71.9 Å². The Bertz CT molecular complexity index is 1320. The highest BCUT2D eigenvalue weighted by atomic mass is 16.5. The van der Waals surface area contributed by atoms with Crippen LogP contribution in [0.1, 0.15) is 118 Å². The minimum atomic E-state index is -0.750. The van der Waals surface area contributed by atoms with Crippen LogP contribution in [-0.4, -0.2) is 29.1 Å². The SMILES string of the molecule is CC(=O)O[C@@H]1CC[C@@]2(C)C(CC[C@]3(C)C2CCC2C4[C@H]([C@@H](C)C(=O)O)CC[C@]4(C(=O)OCc4ccccc4)CC[C@]23C)C1(C)C. The first-order valence-electron chi connectivity index (χ1n) is 17.7. The summed E-state index contributed by atoms with van der Waals surface area (Å²) in [5, 5.41) is 10.2. The van der Waals surface area contributed by atoms with Crippen molar-refractivity contribution in [3.8, 4) is 0 Å². The number of fused-ring (bicyclic) bond motifs is 7. The Morgan fingerprint density at radius 3 is 2.22 bits per heavy atom. The fourth-order valence-electron chi connectivity index (χ4n) is 13.0. The second-order valence-electron chi connectivity index (χ2n) is 17.2. The number of aliphatic carboxylic acids is 1. The molecular formula is C39H56O6. The van der Waals surface area contributed by atoms with E-state index < -0.39 is 17.3 Å². The molecule has 0 bridgehead atoms. The van der Waals surface area contributed by atoms with E-state index in [4.69, 9.17) is 9.47 Å². The van der Waals surface area contributed by atoms with Gasteiger partial charge in [-0.15, -0.1) is 0 Å². The number of hydrogen-bond acceptors (Lipinski definition) is 5. The average Bonchev–Trinajstić information content (AvgIpc) is 3.38. The number of carbonyl (C=O) groups is 3. The lowest BCUT2D eigenvalue weighted by Crippen LogP contribution is -2.67. The maximum absolute atomic E-state index is 14.3. The summed E-state index contributed by atoms with van der Waals surface area (Å²) in [6, 6.07) is 9.88. The van der Waals surface area contributed by atoms with Crippen molar-refractivity contribution in [1.82, 2.24) is 0 Å². The van der Waals surface area contributed by atoms with Crippen LogP contribution >= 0.6 is 0 Å². The van der Waals surface area contributed by atoms with Crippen molar-refractivity contribution in [2.24, 2.45) is 62.6 Å². The van der Waals surface area contributed by atoms with Crippen LogP contribution in [0.4, 0.5) is 0 Å². The van der Waals surface area contributed by atoms with Gasteiger partial charge in [-0.05, 0) is 116 Å². The molecule has 1 aromatic carbocycles. The molecule has 5 saturated carbocycles. The van der Waals surface area contributed by atoms with Crippen LogP contribution < -0.4 is 0 Å². The molecule has 6 heteroatoms. The minimum Gasteiger partial charge on any atom is -0.481 e. The van der Waals surface area contributed by atoms with Crippen LogP contribution in [0, 0.1) is 62.6 Å². The lowest BCUT2D eigenvalue weighted by molar-refractivity contribution is -0.252. The topological polar surface area (TPSA) is 89.9 Å². The van der Waals surface area contributed by atoms with Crippen molar-refractivity contribution < 1.29 is 29.0 Å². The third kappa shape index (κ3) is 4.73. The van der Waals surface area contributed by atoms with Crippen molar-refractivity contribution >= 4 is 17.9 Å². The number of carboxylic acids is 1. The Hall–Kier alpha value is -2.37. The number of carboxylic acid groups (broad SMARTS) is 1. The zero-order chi connectivity index (χ0) is 32.6. The molecule has 1 aromatic rings. The van der Waals surface area contributed by atoms with Crippen LogP contribution in [-0.2, 0) is 30.5 Å². The lowest BCUT2D eigenvalue weighted by atomic mass is 9.32. The first-order valence-corrected chi connectivity index (χ1v) is 17.7. The zero-order valence-electron chi connectivity index (χ0n) is 28.7. The maximum atomic E-state index is 14.3. The molecule has 11 atom stereocenters. The van der Waals surface area contributed by atoms with Crippen LogP contribution in [0.5, 0.6) is 0 Å². The molecule has 0 spiro atoms. The second kappa shape index (κ2) is 11.1. The van der Waals surface area contributed by atoms with E-state index in [-0.39, 0.29) is 64.1 Å². The van der Waals surface area contributed by atoms with Crippen molar-refractivity contribution in [3.63, 3.8) is 0 Å². The number of ether oxygens (including phenoxy) is 2. The smallest absolute Gasteiger partial charge is 0.312 e.